The number of carbonyl (C=O) groups is 3. The highest BCUT2D eigenvalue weighted by molar-refractivity contribution is 5.81. The van der Waals surface area contributed by atoms with E-state index in [0.717, 1.165) is 77.0 Å². The largest absolute Gasteiger partial charge is 0.480 e. The molecule has 4 fully saturated rings. The minimum Gasteiger partial charge on any atom is -0.480 e. The molecule has 4 aliphatic rings. The molecule has 0 aliphatic heterocycles. The number of aliphatic carboxylic acids is 1. The SMILES string of the molecule is CC/C=C\C/C=C\C/C=C\C/C=C\CCCCCCCCCCCCC(=O)OC1CCC2(C)C(CCC3C2CC(O)C2(C)C(C(C)CCC(=O)NCC(=O)O)CCC32)C1. The Bertz CT molecular complexity index is 1380. The summed E-state index contributed by atoms with van der Waals surface area (Å²) < 4.78 is 6.13. The number of unbranched alkanes of at least 4 members (excludes halogenated alkanes) is 10. The first-order valence-electron chi connectivity index (χ1n) is 24.5. The van der Waals surface area contributed by atoms with Gasteiger partial charge in [0.1, 0.15) is 12.6 Å². The fraction of sp³-hybridized carbons (Fsp3) is 0.788. The zero-order chi connectivity index (χ0) is 42.5. The molecule has 7 nitrogen and oxygen atoms in total. The Morgan fingerprint density at radius 1 is 0.729 bits per heavy atom. The quantitative estimate of drug-likeness (QED) is 0.0432. The van der Waals surface area contributed by atoms with Crippen molar-refractivity contribution in [1.29, 1.82) is 0 Å². The fourth-order valence-electron chi connectivity index (χ4n) is 12.4. The average Bonchev–Trinajstić information content (AvgIpc) is 3.58. The summed E-state index contributed by atoms with van der Waals surface area (Å²) in [5.41, 5.74) is 0.0341. The lowest BCUT2D eigenvalue weighted by molar-refractivity contribution is -0.181. The second-order valence-electron chi connectivity index (χ2n) is 19.6. The number of fused-ring (bicyclic) bond motifs is 5. The number of hydrogen-bond donors (Lipinski definition) is 3. The molecule has 3 N–H and O–H groups in total. The van der Waals surface area contributed by atoms with E-state index in [1.54, 1.807) is 0 Å². The Hall–Kier alpha value is -2.67. The highest BCUT2D eigenvalue weighted by Crippen LogP contribution is 2.68. The van der Waals surface area contributed by atoms with Crippen molar-refractivity contribution in [3.05, 3.63) is 48.6 Å². The Morgan fingerprint density at radius 3 is 1.98 bits per heavy atom. The normalized spacial score (nSPS) is 31.1. The maximum atomic E-state index is 12.9. The number of carboxylic acid groups (broad SMARTS) is 1. The Kier molecular flexibility index (Phi) is 21.5. The molecule has 0 heterocycles. The number of ether oxygens (including phenoxy) is 1. The minimum atomic E-state index is -1.02. The highest BCUT2D eigenvalue weighted by atomic mass is 16.5. The van der Waals surface area contributed by atoms with Crippen LogP contribution in [0.25, 0.3) is 0 Å². The van der Waals surface area contributed by atoms with Gasteiger partial charge in [0.15, 0.2) is 0 Å². The number of amides is 1. The van der Waals surface area contributed by atoms with E-state index in [0.29, 0.717) is 54.8 Å². The summed E-state index contributed by atoms with van der Waals surface area (Å²) in [6.07, 6.45) is 45.7. The van der Waals surface area contributed by atoms with Gasteiger partial charge in [0.25, 0.3) is 0 Å². The number of esters is 1. The number of carboxylic acids is 1. The van der Waals surface area contributed by atoms with E-state index in [2.05, 4.69) is 81.6 Å². The molecular formula is C52H85NO6. The van der Waals surface area contributed by atoms with Crippen molar-refractivity contribution < 1.29 is 29.3 Å². The lowest BCUT2D eigenvalue weighted by Crippen LogP contribution is -2.59. The molecule has 10 atom stereocenters. The van der Waals surface area contributed by atoms with Gasteiger partial charge in [-0.1, -0.05) is 128 Å². The van der Waals surface area contributed by atoms with Gasteiger partial charge in [-0.3, -0.25) is 14.4 Å². The van der Waals surface area contributed by atoms with E-state index in [1.807, 2.05) is 0 Å². The summed E-state index contributed by atoms with van der Waals surface area (Å²) >= 11 is 0. The maximum Gasteiger partial charge on any atom is 0.322 e. The monoisotopic (exact) mass is 820 g/mol. The predicted octanol–water partition coefficient (Wildman–Crippen LogP) is 12.6. The van der Waals surface area contributed by atoms with Gasteiger partial charge in [0, 0.05) is 12.8 Å². The second kappa shape index (κ2) is 26.0. The van der Waals surface area contributed by atoms with E-state index < -0.39 is 5.97 Å². The third kappa shape index (κ3) is 15.0. The van der Waals surface area contributed by atoms with E-state index in [9.17, 15) is 19.5 Å². The summed E-state index contributed by atoms with van der Waals surface area (Å²) in [7, 11) is 0. The van der Waals surface area contributed by atoms with Gasteiger partial charge in [-0.05, 0) is 149 Å². The minimum absolute atomic E-state index is 0.00750. The molecule has 0 aromatic carbocycles. The van der Waals surface area contributed by atoms with Crippen LogP contribution in [0.1, 0.15) is 195 Å². The number of rotatable bonds is 27. The summed E-state index contributed by atoms with van der Waals surface area (Å²) in [5.74, 6) is 1.58. The van der Waals surface area contributed by atoms with Crippen LogP contribution in [0.3, 0.4) is 0 Å². The van der Waals surface area contributed by atoms with Crippen LogP contribution in [-0.4, -0.2) is 46.8 Å². The predicted molar refractivity (Wildman–Crippen MR) is 242 cm³/mol. The molecule has 0 radical (unpaired) electrons. The number of aliphatic hydroxyl groups is 1. The van der Waals surface area contributed by atoms with E-state index in [1.165, 1.54) is 70.6 Å². The van der Waals surface area contributed by atoms with Crippen molar-refractivity contribution >= 4 is 17.8 Å². The number of carbonyl (C=O) groups excluding carboxylic acids is 2. The van der Waals surface area contributed by atoms with Crippen LogP contribution in [-0.2, 0) is 19.1 Å². The van der Waals surface area contributed by atoms with Crippen molar-refractivity contribution in [3.63, 3.8) is 0 Å². The molecule has 4 saturated carbocycles. The van der Waals surface area contributed by atoms with Crippen molar-refractivity contribution in [2.45, 2.75) is 207 Å². The van der Waals surface area contributed by atoms with Crippen LogP contribution < -0.4 is 5.32 Å². The van der Waals surface area contributed by atoms with Gasteiger partial charge in [-0.2, -0.15) is 0 Å². The zero-order valence-electron chi connectivity index (χ0n) is 37.9. The fourth-order valence-corrected chi connectivity index (χ4v) is 12.4. The maximum absolute atomic E-state index is 12.9. The Balaban J connectivity index is 1.03. The molecule has 4 rings (SSSR count). The molecular weight excluding hydrogens is 735 g/mol. The van der Waals surface area contributed by atoms with E-state index >= 15 is 0 Å². The highest BCUT2D eigenvalue weighted by Gasteiger charge is 2.63. The molecule has 0 aromatic rings. The first-order valence-corrected chi connectivity index (χ1v) is 24.5. The van der Waals surface area contributed by atoms with Crippen LogP contribution in [0.2, 0.25) is 0 Å². The standard InChI is InChI=1S/C52H85NO6/c1-5-6-7-8-9-10-11-12-13-14-15-16-17-18-19-20-21-22-23-24-25-26-27-28-50(58)59-42-35-36-51(3)41(37-42)30-31-43-45-33-32-44(52(45,4)47(54)38-46(43)51)40(2)29-34-48(55)53-39-49(56)57/h6-7,9-10,12-13,15-16,40-47,54H,5,8,11,14,17-39H2,1-4H3,(H,53,55)(H,56,57)/b7-6-,10-9-,13-12-,16-15-. The van der Waals surface area contributed by atoms with Gasteiger partial charge in [-0.15, -0.1) is 0 Å². The lowest BCUT2D eigenvalue weighted by Gasteiger charge is -2.62. The molecule has 7 heteroatoms. The number of aliphatic hydroxyl groups excluding tert-OH is 1. The van der Waals surface area contributed by atoms with E-state index in [-0.39, 0.29) is 41.5 Å². The zero-order valence-corrected chi connectivity index (χ0v) is 37.9. The molecule has 10 unspecified atom stereocenters. The van der Waals surface area contributed by atoms with Crippen LogP contribution in [0.4, 0.5) is 0 Å². The summed E-state index contributed by atoms with van der Waals surface area (Å²) in [4.78, 5) is 36.0. The first kappa shape index (κ1) is 49.0. The average molecular weight is 820 g/mol. The van der Waals surface area contributed by atoms with Crippen molar-refractivity contribution in [2.24, 2.45) is 46.3 Å². The number of allylic oxidation sites excluding steroid dienone is 8. The third-order valence-electron chi connectivity index (χ3n) is 15.8. The van der Waals surface area contributed by atoms with Crippen molar-refractivity contribution in [3.8, 4) is 0 Å². The van der Waals surface area contributed by atoms with Gasteiger partial charge in [-0.25, -0.2) is 0 Å². The van der Waals surface area contributed by atoms with Gasteiger partial charge in [0.2, 0.25) is 5.91 Å². The number of hydrogen-bond acceptors (Lipinski definition) is 5. The smallest absolute Gasteiger partial charge is 0.322 e. The summed E-state index contributed by atoms with van der Waals surface area (Å²) in [6.45, 7) is 8.87. The Morgan fingerprint density at radius 2 is 1.34 bits per heavy atom. The summed E-state index contributed by atoms with van der Waals surface area (Å²) in [6, 6.07) is 0. The van der Waals surface area contributed by atoms with Crippen LogP contribution in [0.5, 0.6) is 0 Å². The molecule has 59 heavy (non-hydrogen) atoms. The molecule has 0 bridgehead atoms. The molecule has 4 aliphatic carbocycles. The second-order valence-corrected chi connectivity index (χ2v) is 19.6. The molecule has 334 valence electrons. The van der Waals surface area contributed by atoms with Crippen LogP contribution in [0, 0.1) is 46.3 Å². The van der Waals surface area contributed by atoms with Gasteiger partial charge < -0.3 is 20.3 Å². The molecule has 0 aromatic heterocycles. The van der Waals surface area contributed by atoms with Crippen molar-refractivity contribution in [2.75, 3.05) is 6.54 Å². The topological polar surface area (TPSA) is 113 Å². The molecule has 1 amide bonds. The van der Waals surface area contributed by atoms with Crippen LogP contribution in [0.15, 0.2) is 48.6 Å². The summed E-state index contributed by atoms with van der Waals surface area (Å²) in [5, 5.41) is 23.3. The Labute approximate surface area is 359 Å². The molecule has 0 saturated heterocycles. The molecule has 0 spiro atoms. The number of nitrogens with one attached hydrogen (secondary N) is 1. The van der Waals surface area contributed by atoms with Crippen molar-refractivity contribution in [1.82, 2.24) is 5.32 Å². The van der Waals surface area contributed by atoms with Gasteiger partial charge >= 0.3 is 11.9 Å². The van der Waals surface area contributed by atoms with Gasteiger partial charge in [0.05, 0.1) is 6.10 Å². The van der Waals surface area contributed by atoms with E-state index in [4.69, 9.17) is 9.84 Å². The lowest BCUT2D eigenvalue weighted by atomic mass is 9.43. The van der Waals surface area contributed by atoms with Crippen LogP contribution >= 0.6 is 0 Å². The third-order valence-corrected chi connectivity index (χ3v) is 15.8. The first-order chi connectivity index (χ1) is 28.5.